The van der Waals surface area contributed by atoms with Gasteiger partial charge in [0.05, 0.1) is 24.8 Å². The topological polar surface area (TPSA) is 59.2 Å². The van der Waals surface area contributed by atoms with Crippen LogP contribution in [0.1, 0.15) is 11.3 Å². The first-order chi connectivity index (χ1) is 12.3. The highest BCUT2D eigenvalue weighted by Gasteiger charge is 2.20. The predicted molar refractivity (Wildman–Crippen MR) is 97.5 cm³/mol. The number of fused-ring (bicyclic) bond motifs is 1. The molecule has 3 heterocycles. The van der Waals surface area contributed by atoms with E-state index in [1.807, 2.05) is 53.2 Å². The van der Waals surface area contributed by atoms with Crippen LogP contribution >= 0.6 is 11.3 Å². The fourth-order valence-electron chi connectivity index (χ4n) is 2.71. The molecular formula is C19H15N3O2S. The third-order valence-electron chi connectivity index (χ3n) is 3.95. The molecule has 0 bridgehead atoms. The number of hydrogen-bond donors (Lipinski definition) is 0. The zero-order valence-corrected chi connectivity index (χ0v) is 14.1. The Labute approximate surface area is 148 Å². The van der Waals surface area contributed by atoms with E-state index < -0.39 is 0 Å². The van der Waals surface area contributed by atoms with E-state index in [4.69, 9.17) is 4.52 Å². The lowest BCUT2D eigenvalue weighted by Crippen LogP contribution is -2.31. The molecular weight excluding hydrogens is 334 g/mol. The van der Waals surface area contributed by atoms with E-state index in [2.05, 4.69) is 10.1 Å². The fraction of sp³-hybridized carbons (Fsp3) is 0.105. The number of carbonyl (C=O) groups is 1. The molecule has 0 unspecified atom stereocenters. The molecule has 0 saturated carbocycles. The van der Waals surface area contributed by atoms with Crippen LogP contribution in [0.5, 0.6) is 0 Å². The fourth-order valence-corrected chi connectivity index (χ4v) is 3.37. The lowest BCUT2D eigenvalue weighted by Gasteiger charge is -2.21. The van der Waals surface area contributed by atoms with E-state index in [1.165, 1.54) is 0 Å². The van der Waals surface area contributed by atoms with Crippen molar-refractivity contribution in [2.45, 2.75) is 13.0 Å². The summed E-state index contributed by atoms with van der Waals surface area (Å²) >= 11 is 1.61. The molecule has 0 radical (unpaired) electrons. The molecule has 0 aliphatic heterocycles. The number of amides is 1. The van der Waals surface area contributed by atoms with Gasteiger partial charge in [-0.3, -0.25) is 9.78 Å². The van der Waals surface area contributed by atoms with Crippen LogP contribution in [0, 0.1) is 0 Å². The number of anilines is 1. The lowest BCUT2D eigenvalue weighted by molar-refractivity contribution is -0.118. The molecule has 0 spiro atoms. The van der Waals surface area contributed by atoms with Crippen LogP contribution in [0.3, 0.4) is 0 Å². The number of benzene rings is 1. The molecule has 0 N–H and O–H groups in total. The molecule has 0 aliphatic carbocycles. The summed E-state index contributed by atoms with van der Waals surface area (Å²) in [6.07, 6.45) is 3.57. The Morgan fingerprint density at radius 3 is 2.88 bits per heavy atom. The van der Waals surface area contributed by atoms with Gasteiger partial charge in [0, 0.05) is 11.6 Å². The van der Waals surface area contributed by atoms with Crippen molar-refractivity contribution in [3.05, 3.63) is 76.9 Å². The van der Waals surface area contributed by atoms with Crippen LogP contribution in [-0.4, -0.2) is 16.0 Å². The first-order valence-corrected chi connectivity index (χ1v) is 8.80. The third-order valence-corrected chi connectivity index (χ3v) is 4.68. The van der Waals surface area contributed by atoms with Crippen LogP contribution in [0.25, 0.3) is 11.0 Å². The van der Waals surface area contributed by atoms with Crippen LogP contribution < -0.4 is 4.90 Å². The van der Waals surface area contributed by atoms with Crippen molar-refractivity contribution >= 4 is 33.9 Å². The monoisotopic (exact) mass is 349 g/mol. The number of aromatic nitrogens is 2. The number of thiophene rings is 1. The number of carbonyl (C=O) groups excluding carboxylic acids is 1. The maximum Gasteiger partial charge on any atom is 0.233 e. The van der Waals surface area contributed by atoms with E-state index in [0.29, 0.717) is 17.8 Å². The summed E-state index contributed by atoms with van der Waals surface area (Å²) in [6.45, 7) is 0.504. The molecule has 0 fully saturated rings. The van der Waals surface area contributed by atoms with E-state index in [-0.39, 0.29) is 12.3 Å². The van der Waals surface area contributed by atoms with Gasteiger partial charge >= 0.3 is 0 Å². The molecule has 0 atom stereocenters. The predicted octanol–water partition coefficient (Wildman–Crippen LogP) is 4.06. The number of hydrogen-bond acceptors (Lipinski definition) is 5. The van der Waals surface area contributed by atoms with E-state index in [9.17, 15) is 4.79 Å². The standard InChI is InChI=1S/C19H15N3O2S/c23-19(10-17-16-5-1-2-6-18(16)24-21-17)22(12-14-7-9-25-13-14)15-4-3-8-20-11-15/h1-9,11,13H,10,12H2. The highest BCUT2D eigenvalue weighted by Crippen LogP contribution is 2.22. The van der Waals surface area contributed by atoms with Gasteiger partial charge in [-0.15, -0.1) is 0 Å². The summed E-state index contributed by atoms with van der Waals surface area (Å²) in [7, 11) is 0. The SMILES string of the molecule is O=C(Cc1noc2ccccc12)N(Cc1ccsc1)c1cccnc1. The Balaban J connectivity index is 1.63. The molecule has 25 heavy (non-hydrogen) atoms. The van der Waals surface area contributed by atoms with Crippen molar-refractivity contribution in [3.8, 4) is 0 Å². The maximum atomic E-state index is 13.0. The average molecular weight is 349 g/mol. The second-order valence-electron chi connectivity index (χ2n) is 5.62. The average Bonchev–Trinajstić information content (AvgIpc) is 3.31. The first-order valence-electron chi connectivity index (χ1n) is 7.86. The van der Waals surface area contributed by atoms with Gasteiger partial charge in [-0.05, 0) is 46.7 Å². The molecule has 5 nitrogen and oxygen atoms in total. The zero-order chi connectivity index (χ0) is 17.1. The minimum Gasteiger partial charge on any atom is -0.356 e. The summed E-state index contributed by atoms with van der Waals surface area (Å²) in [5.74, 6) is -0.0433. The summed E-state index contributed by atoms with van der Waals surface area (Å²) in [5.41, 5.74) is 3.20. The van der Waals surface area contributed by atoms with Gasteiger partial charge in [0.2, 0.25) is 5.91 Å². The molecule has 4 rings (SSSR count). The van der Waals surface area contributed by atoms with Gasteiger partial charge in [0.1, 0.15) is 5.69 Å². The van der Waals surface area contributed by atoms with Crippen molar-refractivity contribution in [1.82, 2.24) is 10.1 Å². The minimum atomic E-state index is -0.0433. The van der Waals surface area contributed by atoms with Crippen LogP contribution in [-0.2, 0) is 17.8 Å². The van der Waals surface area contributed by atoms with Gasteiger partial charge in [-0.25, -0.2) is 0 Å². The van der Waals surface area contributed by atoms with Crippen molar-refractivity contribution in [1.29, 1.82) is 0 Å². The second-order valence-corrected chi connectivity index (χ2v) is 6.40. The summed E-state index contributed by atoms with van der Waals surface area (Å²) < 4.78 is 5.31. The van der Waals surface area contributed by atoms with Crippen molar-refractivity contribution in [2.24, 2.45) is 0 Å². The summed E-state index contributed by atoms with van der Waals surface area (Å²) in [5, 5.41) is 9.00. The summed E-state index contributed by atoms with van der Waals surface area (Å²) in [6, 6.07) is 13.3. The van der Waals surface area contributed by atoms with Crippen LogP contribution in [0.15, 0.2) is 70.1 Å². The Bertz CT molecular complexity index is 980. The van der Waals surface area contributed by atoms with Crippen molar-refractivity contribution < 1.29 is 9.32 Å². The molecule has 4 aromatic rings. The molecule has 1 aromatic carbocycles. The molecule has 0 aliphatic rings. The van der Waals surface area contributed by atoms with E-state index >= 15 is 0 Å². The number of pyridine rings is 1. The van der Waals surface area contributed by atoms with Crippen molar-refractivity contribution in [2.75, 3.05) is 4.90 Å². The van der Waals surface area contributed by atoms with Gasteiger partial charge in [-0.1, -0.05) is 17.3 Å². The molecule has 3 aromatic heterocycles. The Hall–Kier alpha value is -2.99. The van der Waals surface area contributed by atoms with E-state index in [1.54, 1.807) is 28.6 Å². The lowest BCUT2D eigenvalue weighted by atomic mass is 10.1. The normalized spacial score (nSPS) is 10.9. The minimum absolute atomic E-state index is 0.0433. The van der Waals surface area contributed by atoms with E-state index in [0.717, 1.165) is 16.6 Å². The largest absolute Gasteiger partial charge is 0.356 e. The van der Waals surface area contributed by atoms with Crippen LogP contribution in [0.4, 0.5) is 5.69 Å². The Kier molecular flexibility index (Phi) is 4.26. The van der Waals surface area contributed by atoms with Gasteiger partial charge in [0.15, 0.2) is 5.58 Å². The quantitative estimate of drug-likeness (QED) is 0.545. The van der Waals surface area contributed by atoms with Gasteiger partial charge in [0.25, 0.3) is 0 Å². The highest BCUT2D eigenvalue weighted by atomic mass is 32.1. The van der Waals surface area contributed by atoms with Gasteiger partial charge in [-0.2, -0.15) is 11.3 Å². The van der Waals surface area contributed by atoms with Crippen molar-refractivity contribution in [3.63, 3.8) is 0 Å². The van der Waals surface area contributed by atoms with Crippen LogP contribution in [0.2, 0.25) is 0 Å². The Morgan fingerprint density at radius 1 is 1.16 bits per heavy atom. The molecule has 0 saturated heterocycles. The molecule has 124 valence electrons. The number of rotatable bonds is 5. The number of para-hydroxylation sites is 1. The number of nitrogens with zero attached hydrogens (tertiary/aromatic N) is 3. The first kappa shape index (κ1) is 15.5. The molecule has 6 heteroatoms. The third kappa shape index (κ3) is 3.29. The smallest absolute Gasteiger partial charge is 0.233 e. The second kappa shape index (κ2) is 6.86. The Morgan fingerprint density at radius 2 is 2.08 bits per heavy atom. The highest BCUT2D eigenvalue weighted by molar-refractivity contribution is 7.07. The zero-order valence-electron chi connectivity index (χ0n) is 13.3. The summed E-state index contributed by atoms with van der Waals surface area (Å²) in [4.78, 5) is 18.9. The maximum absolute atomic E-state index is 13.0. The van der Waals surface area contributed by atoms with Gasteiger partial charge < -0.3 is 9.42 Å². The molecule has 1 amide bonds.